The highest BCUT2D eigenvalue weighted by Crippen LogP contribution is 2.17. The third kappa shape index (κ3) is 5.70. The maximum atomic E-state index is 13.4. The molecule has 0 aliphatic rings. The van der Waals surface area contributed by atoms with E-state index in [9.17, 15) is 9.18 Å². The molecular weight excluding hydrogens is 247 g/mol. The fourth-order valence-corrected chi connectivity index (χ4v) is 1.73. The van der Waals surface area contributed by atoms with Crippen LogP contribution in [0, 0.1) is 5.82 Å². The van der Waals surface area contributed by atoms with Crippen LogP contribution in [-0.2, 0) is 11.2 Å². The Kier molecular flexibility index (Phi) is 6.89. The maximum absolute atomic E-state index is 13.4. The molecule has 0 spiro atoms. The summed E-state index contributed by atoms with van der Waals surface area (Å²) >= 11 is 0. The first-order valence-electron chi connectivity index (χ1n) is 6.41. The second-order valence-corrected chi connectivity index (χ2v) is 4.28. The van der Waals surface area contributed by atoms with E-state index < -0.39 is 0 Å². The molecule has 4 nitrogen and oxygen atoms in total. The van der Waals surface area contributed by atoms with Gasteiger partial charge in [0, 0.05) is 13.0 Å². The number of methoxy groups -OCH3 is 1. The lowest BCUT2D eigenvalue weighted by Crippen LogP contribution is -2.26. The van der Waals surface area contributed by atoms with Gasteiger partial charge >= 0.3 is 0 Å². The monoisotopic (exact) mass is 268 g/mol. The number of carbonyl (C=O) groups excluding carboxylic acids is 1. The van der Waals surface area contributed by atoms with E-state index in [2.05, 4.69) is 10.6 Å². The Labute approximate surface area is 113 Å². The highest BCUT2D eigenvalue weighted by atomic mass is 19.1. The zero-order chi connectivity index (χ0) is 14.1. The van der Waals surface area contributed by atoms with E-state index in [4.69, 9.17) is 4.74 Å². The summed E-state index contributed by atoms with van der Waals surface area (Å²) in [6, 6.07) is 4.83. The summed E-state index contributed by atoms with van der Waals surface area (Å²) in [4.78, 5) is 11.4. The molecule has 106 valence electrons. The summed E-state index contributed by atoms with van der Waals surface area (Å²) in [6.45, 7) is 1.35. The molecule has 1 rings (SSSR count). The lowest BCUT2D eigenvalue weighted by molar-refractivity contribution is -0.121. The SMILES string of the molecule is CNCCCC(=O)NCCc1ccc(OC)c(F)c1. The Morgan fingerprint density at radius 1 is 1.37 bits per heavy atom. The largest absolute Gasteiger partial charge is 0.494 e. The van der Waals surface area contributed by atoms with Crippen molar-refractivity contribution in [2.45, 2.75) is 19.3 Å². The number of nitrogens with one attached hydrogen (secondary N) is 2. The smallest absolute Gasteiger partial charge is 0.220 e. The average molecular weight is 268 g/mol. The highest BCUT2D eigenvalue weighted by Gasteiger charge is 2.04. The van der Waals surface area contributed by atoms with Gasteiger partial charge in [-0.05, 0) is 44.1 Å². The Morgan fingerprint density at radius 2 is 2.16 bits per heavy atom. The van der Waals surface area contributed by atoms with Gasteiger partial charge in [0.05, 0.1) is 7.11 Å². The number of benzene rings is 1. The highest BCUT2D eigenvalue weighted by molar-refractivity contribution is 5.75. The molecule has 0 atom stereocenters. The zero-order valence-electron chi connectivity index (χ0n) is 11.5. The van der Waals surface area contributed by atoms with Gasteiger partial charge in [0.2, 0.25) is 5.91 Å². The lowest BCUT2D eigenvalue weighted by atomic mass is 10.1. The number of rotatable bonds is 8. The van der Waals surface area contributed by atoms with Crippen molar-refractivity contribution in [3.8, 4) is 5.75 Å². The van der Waals surface area contributed by atoms with Crippen LogP contribution in [0.5, 0.6) is 5.75 Å². The summed E-state index contributed by atoms with van der Waals surface area (Å²) in [6.07, 6.45) is 1.94. The van der Waals surface area contributed by atoms with Crippen molar-refractivity contribution in [1.29, 1.82) is 0 Å². The van der Waals surface area contributed by atoms with E-state index in [1.54, 1.807) is 12.1 Å². The fourth-order valence-electron chi connectivity index (χ4n) is 1.73. The third-order valence-electron chi connectivity index (χ3n) is 2.78. The molecule has 0 saturated heterocycles. The first kappa shape index (κ1) is 15.4. The topological polar surface area (TPSA) is 50.4 Å². The van der Waals surface area contributed by atoms with Gasteiger partial charge in [0.15, 0.2) is 11.6 Å². The van der Waals surface area contributed by atoms with Crippen LogP contribution in [0.2, 0.25) is 0 Å². The Hall–Kier alpha value is -1.62. The molecule has 0 heterocycles. The average Bonchev–Trinajstić information content (AvgIpc) is 2.39. The molecule has 1 amide bonds. The fraction of sp³-hybridized carbons (Fsp3) is 0.500. The lowest BCUT2D eigenvalue weighted by Gasteiger charge is -2.07. The van der Waals surface area contributed by atoms with Crippen LogP contribution in [-0.4, -0.2) is 33.2 Å². The molecule has 0 aromatic heterocycles. The van der Waals surface area contributed by atoms with E-state index in [1.807, 2.05) is 7.05 Å². The van der Waals surface area contributed by atoms with Crippen molar-refractivity contribution in [1.82, 2.24) is 10.6 Å². The number of amides is 1. The van der Waals surface area contributed by atoms with Gasteiger partial charge in [0.1, 0.15) is 0 Å². The van der Waals surface area contributed by atoms with Gasteiger partial charge < -0.3 is 15.4 Å². The summed E-state index contributed by atoms with van der Waals surface area (Å²) in [5, 5.41) is 5.81. The normalized spacial score (nSPS) is 10.3. The van der Waals surface area contributed by atoms with Crippen LogP contribution in [0.25, 0.3) is 0 Å². The summed E-state index contributed by atoms with van der Waals surface area (Å²) in [7, 11) is 3.29. The number of hydrogen-bond acceptors (Lipinski definition) is 3. The van der Waals surface area contributed by atoms with Gasteiger partial charge in [0.25, 0.3) is 0 Å². The van der Waals surface area contributed by atoms with Crippen molar-refractivity contribution >= 4 is 5.91 Å². The number of carbonyl (C=O) groups is 1. The van der Waals surface area contributed by atoms with Crippen LogP contribution in [0.4, 0.5) is 4.39 Å². The Bertz CT molecular complexity index is 410. The Morgan fingerprint density at radius 3 is 2.79 bits per heavy atom. The van der Waals surface area contributed by atoms with Gasteiger partial charge in [-0.2, -0.15) is 0 Å². The van der Waals surface area contributed by atoms with Crippen LogP contribution in [0.15, 0.2) is 18.2 Å². The molecular formula is C14H21FN2O2. The predicted molar refractivity (Wildman–Crippen MR) is 72.8 cm³/mol. The van der Waals surface area contributed by atoms with Crippen LogP contribution in [0.1, 0.15) is 18.4 Å². The minimum Gasteiger partial charge on any atom is -0.494 e. The minimum atomic E-state index is -0.375. The molecule has 0 unspecified atom stereocenters. The number of halogens is 1. The first-order valence-corrected chi connectivity index (χ1v) is 6.41. The van der Waals surface area contributed by atoms with E-state index in [0.717, 1.165) is 18.5 Å². The standard InChI is InChI=1S/C14H21FN2O2/c1-16-8-3-4-14(18)17-9-7-11-5-6-13(19-2)12(15)10-11/h5-6,10,16H,3-4,7-9H2,1-2H3,(H,17,18). The zero-order valence-corrected chi connectivity index (χ0v) is 11.5. The van der Waals surface area contributed by atoms with Gasteiger partial charge in [-0.25, -0.2) is 4.39 Å². The molecule has 5 heteroatoms. The van der Waals surface area contributed by atoms with Crippen LogP contribution < -0.4 is 15.4 Å². The van der Waals surface area contributed by atoms with Crippen LogP contribution >= 0.6 is 0 Å². The van der Waals surface area contributed by atoms with E-state index in [1.165, 1.54) is 13.2 Å². The molecule has 19 heavy (non-hydrogen) atoms. The van der Waals surface area contributed by atoms with Crippen molar-refractivity contribution < 1.29 is 13.9 Å². The van der Waals surface area contributed by atoms with Crippen molar-refractivity contribution in [3.63, 3.8) is 0 Å². The maximum Gasteiger partial charge on any atom is 0.220 e. The predicted octanol–water partition coefficient (Wildman–Crippen LogP) is 1.49. The molecule has 1 aromatic rings. The summed E-state index contributed by atoms with van der Waals surface area (Å²) < 4.78 is 18.3. The minimum absolute atomic E-state index is 0.0317. The van der Waals surface area contributed by atoms with E-state index in [-0.39, 0.29) is 17.5 Å². The van der Waals surface area contributed by atoms with Crippen molar-refractivity contribution in [2.75, 3.05) is 27.2 Å². The Balaban J connectivity index is 2.29. The molecule has 0 bridgehead atoms. The second-order valence-electron chi connectivity index (χ2n) is 4.28. The van der Waals surface area contributed by atoms with Gasteiger partial charge in [-0.15, -0.1) is 0 Å². The number of hydrogen-bond donors (Lipinski definition) is 2. The van der Waals surface area contributed by atoms with E-state index >= 15 is 0 Å². The van der Waals surface area contributed by atoms with Crippen LogP contribution in [0.3, 0.4) is 0 Å². The summed E-state index contributed by atoms with van der Waals surface area (Å²) in [5.74, 6) is -0.107. The quantitative estimate of drug-likeness (QED) is 0.702. The van der Waals surface area contributed by atoms with E-state index in [0.29, 0.717) is 19.4 Å². The summed E-state index contributed by atoms with van der Waals surface area (Å²) in [5.41, 5.74) is 0.842. The second kappa shape index (κ2) is 8.48. The first-order chi connectivity index (χ1) is 9.17. The molecule has 0 fully saturated rings. The van der Waals surface area contributed by atoms with Gasteiger partial charge in [-0.1, -0.05) is 6.07 Å². The molecule has 0 aliphatic carbocycles. The van der Waals surface area contributed by atoms with Gasteiger partial charge in [-0.3, -0.25) is 4.79 Å². The molecule has 0 aliphatic heterocycles. The molecule has 0 radical (unpaired) electrons. The molecule has 0 saturated carbocycles. The molecule has 2 N–H and O–H groups in total. The third-order valence-corrected chi connectivity index (χ3v) is 2.78. The van der Waals surface area contributed by atoms with Crippen molar-refractivity contribution in [2.24, 2.45) is 0 Å². The van der Waals surface area contributed by atoms with Crippen molar-refractivity contribution in [3.05, 3.63) is 29.6 Å². The number of ether oxygens (including phenoxy) is 1. The molecule has 1 aromatic carbocycles.